The van der Waals surface area contributed by atoms with Gasteiger partial charge in [-0.15, -0.1) is 13.2 Å². The maximum absolute atomic E-state index is 12.4. The average molecular weight is 296 g/mol. The molecule has 1 heterocycles. The fourth-order valence-corrected chi connectivity index (χ4v) is 1.94. The van der Waals surface area contributed by atoms with Crippen molar-refractivity contribution >= 4 is 0 Å². The zero-order valence-electron chi connectivity index (χ0n) is 11.4. The van der Waals surface area contributed by atoms with Crippen molar-refractivity contribution in [1.29, 1.82) is 0 Å². The van der Waals surface area contributed by atoms with Crippen LogP contribution in [0.5, 0.6) is 5.75 Å². The van der Waals surface area contributed by atoms with Gasteiger partial charge in [0.15, 0.2) is 0 Å². The van der Waals surface area contributed by atoms with Gasteiger partial charge in [-0.3, -0.25) is 4.98 Å². The number of benzene rings is 1. The Balaban J connectivity index is 2.07. The first-order chi connectivity index (χ1) is 9.96. The summed E-state index contributed by atoms with van der Waals surface area (Å²) in [4.78, 5) is 3.99. The Hall–Kier alpha value is -2.08. The molecule has 0 aliphatic carbocycles. The summed E-state index contributed by atoms with van der Waals surface area (Å²) >= 11 is 0. The Morgan fingerprint density at radius 1 is 1.19 bits per heavy atom. The molecule has 0 saturated carbocycles. The summed E-state index contributed by atoms with van der Waals surface area (Å²) < 4.78 is 41.2. The van der Waals surface area contributed by atoms with Crippen LogP contribution in [-0.4, -0.2) is 11.3 Å². The highest BCUT2D eigenvalue weighted by molar-refractivity contribution is 5.35. The summed E-state index contributed by atoms with van der Waals surface area (Å²) in [5.41, 5.74) is 1.41. The second kappa shape index (κ2) is 6.58. The van der Waals surface area contributed by atoms with E-state index in [4.69, 9.17) is 0 Å². The number of aromatic nitrogens is 1. The molecule has 6 heteroatoms. The van der Waals surface area contributed by atoms with E-state index in [1.165, 1.54) is 12.1 Å². The minimum atomic E-state index is -4.70. The van der Waals surface area contributed by atoms with Crippen molar-refractivity contribution in [3.05, 3.63) is 59.9 Å². The Morgan fingerprint density at radius 3 is 2.62 bits per heavy atom. The molecule has 0 fully saturated rings. The maximum atomic E-state index is 12.4. The molecular weight excluding hydrogens is 281 g/mol. The number of ether oxygens (including phenoxy) is 1. The summed E-state index contributed by atoms with van der Waals surface area (Å²) in [6, 6.07) is 9.53. The first kappa shape index (κ1) is 15.3. The molecular formula is C15H15F3N2O. The molecule has 0 unspecified atom stereocenters. The fourth-order valence-electron chi connectivity index (χ4n) is 1.94. The fraction of sp³-hybridized carbons (Fsp3) is 0.267. The van der Waals surface area contributed by atoms with Gasteiger partial charge in [0.25, 0.3) is 0 Å². The first-order valence-corrected chi connectivity index (χ1v) is 6.42. The molecule has 2 rings (SSSR count). The number of halogens is 3. The van der Waals surface area contributed by atoms with E-state index < -0.39 is 6.36 Å². The van der Waals surface area contributed by atoms with Gasteiger partial charge in [-0.2, -0.15) is 0 Å². The van der Waals surface area contributed by atoms with Gasteiger partial charge in [-0.1, -0.05) is 24.3 Å². The van der Waals surface area contributed by atoms with Crippen LogP contribution in [0, 0.1) is 0 Å². The van der Waals surface area contributed by atoms with Crippen molar-refractivity contribution in [2.75, 3.05) is 0 Å². The molecule has 1 aromatic carbocycles. The summed E-state index contributed by atoms with van der Waals surface area (Å²) in [6.07, 6.45) is -1.32. The number of hydrogen-bond donors (Lipinski definition) is 1. The van der Waals surface area contributed by atoms with Gasteiger partial charge in [0.05, 0.1) is 0 Å². The highest BCUT2D eigenvalue weighted by Crippen LogP contribution is 2.30. The molecule has 0 radical (unpaired) electrons. The normalized spacial score (nSPS) is 13.0. The lowest BCUT2D eigenvalue weighted by atomic mass is 10.1. The quantitative estimate of drug-likeness (QED) is 0.910. The van der Waals surface area contributed by atoms with Crippen molar-refractivity contribution in [3.8, 4) is 5.75 Å². The molecule has 0 bridgehead atoms. The number of nitrogens with zero attached hydrogens (tertiary/aromatic N) is 1. The Kier molecular flexibility index (Phi) is 4.80. The largest absolute Gasteiger partial charge is 0.573 e. The summed E-state index contributed by atoms with van der Waals surface area (Å²) in [7, 11) is 0. The van der Waals surface area contributed by atoms with Gasteiger partial charge in [0.2, 0.25) is 0 Å². The molecule has 0 saturated heterocycles. The molecule has 112 valence electrons. The minimum Gasteiger partial charge on any atom is -0.405 e. The van der Waals surface area contributed by atoms with E-state index in [0.717, 1.165) is 5.56 Å². The van der Waals surface area contributed by atoms with Crippen LogP contribution in [-0.2, 0) is 6.54 Å². The van der Waals surface area contributed by atoms with Crippen molar-refractivity contribution in [1.82, 2.24) is 10.3 Å². The highest BCUT2D eigenvalue weighted by atomic mass is 19.4. The van der Waals surface area contributed by atoms with Gasteiger partial charge in [0, 0.05) is 30.5 Å². The molecule has 0 aliphatic rings. The van der Waals surface area contributed by atoms with E-state index in [9.17, 15) is 13.2 Å². The van der Waals surface area contributed by atoms with Crippen LogP contribution in [0.1, 0.15) is 24.1 Å². The SMILES string of the molecule is C[C@@H](NCc1cccnc1)c1ccccc1OC(F)(F)F. The molecule has 2 aromatic rings. The van der Waals surface area contributed by atoms with Gasteiger partial charge in [-0.05, 0) is 24.6 Å². The zero-order valence-corrected chi connectivity index (χ0v) is 11.4. The second-order valence-corrected chi connectivity index (χ2v) is 4.55. The Bertz CT molecular complexity index is 573. The monoisotopic (exact) mass is 296 g/mol. The molecule has 0 amide bonds. The van der Waals surface area contributed by atoms with Crippen molar-refractivity contribution in [2.45, 2.75) is 25.9 Å². The maximum Gasteiger partial charge on any atom is 0.573 e. The standard InChI is InChI=1S/C15H15F3N2O/c1-11(20-10-12-5-4-8-19-9-12)13-6-2-3-7-14(13)21-15(16,17)18/h2-9,11,20H,10H2,1H3/t11-/m1/s1. The summed E-state index contributed by atoms with van der Waals surface area (Å²) in [5.74, 6) is -0.184. The second-order valence-electron chi connectivity index (χ2n) is 4.55. The van der Waals surface area contributed by atoms with E-state index in [0.29, 0.717) is 12.1 Å². The van der Waals surface area contributed by atoms with E-state index in [1.807, 2.05) is 12.1 Å². The third kappa shape index (κ3) is 4.75. The molecule has 21 heavy (non-hydrogen) atoms. The zero-order chi connectivity index (χ0) is 15.3. The summed E-state index contributed by atoms with van der Waals surface area (Å²) in [6.45, 7) is 2.30. The highest BCUT2D eigenvalue weighted by Gasteiger charge is 2.32. The van der Waals surface area contributed by atoms with Gasteiger partial charge in [0.1, 0.15) is 5.75 Å². The van der Waals surface area contributed by atoms with E-state index >= 15 is 0 Å². The number of rotatable bonds is 5. The average Bonchev–Trinajstić information content (AvgIpc) is 2.45. The van der Waals surface area contributed by atoms with Crippen LogP contribution < -0.4 is 10.1 Å². The number of para-hydroxylation sites is 1. The van der Waals surface area contributed by atoms with E-state index in [-0.39, 0.29) is 11.8 Å². The van der Waals surface area contributed by atoms with Crippen LogP contribution >= 0.6 is 0 Å². The van der Waals surface area contributed by atoms with E-state index in [2.05, 4.69) is 15.0 Å². The van der Waals surface area contributed by atoms with Crippen molar-refractivity contribution < 1.29 is 17.9 Å². The Labute approximate surface area is 120 Å². The van der Waals surface area contributed by atoms with Crippen LogP contribution in [0.4, 0.5) is 13.2 Å². The number of pyridine rings is 1. The summed E-state index contributed by atoms with van der Waals surface area (Å²) in [5, 5.41) is 3.15. The first-order valence-electron chi connectivity index (χ1n) is 6.42. The van der Waals surface area contributed by atoms with Crippen LogP contribution in [0.2, 0.25) is 0 Å². The lowest BCUT2D eigenvalue weighted by molar-refractivity contribution is -0.275. The van der Waals surface area contributed by atoms with Crippen LogP contribution in [0.15, 0.2) is 48.8 Å². The van der Waals surface area contributed by atoms with Crippen LogP contribution in [0.25, 0.3) is 0 Å². The molecule has 0 aliphatic heterocycles. The van der Waals surface area contributed by atoms with Gasteiger partial charge in [-0.25, -0.2) is 0 Å². The van der Waals surface area contributed by atoms with Crippen molar-refractivity contribution in [3.63, 3.8) is 0 Å². The number of nitrogens with one attached hydrogen (secondary N) is 1. The lowest BCUT2D eigenvalue weighted by Crippen LogP contribution is -2.22. The lowest BCUT2D eigenvalue weighted by Gasteiger charge is -2.19. The third-order valence-electron chi connectivity index (χ3n) is 2.95. The molecule has 1 atom stereocenters. The smallest absolute Gasteiger partial charge is 0.405 e. The molecule has 3 nitrogen and oxygen atoms in total. The molecule has 1 aromatic heterocycles. The van der Waals surface area contributed by atoms with Crippen molar-refractivity contribution in [2.24, 2.45) is 0 Å². The predicted molar refractivity (Wildman–Crippen MR) is 72.6 cm³/mol. The molecule has 1 N–H and O–H groups in total. The number of hydrogen-bond acceptors (Lipinski definition) is 3. The van der Waals surface area contributed by atoms with Gasteiger partial charge >= 0.3 is 6.36 Å². The molecule has 0 spiro atoms. The topological polar surface area (TPSA) is 34.2 Å². The Morgan fingerprint density at radius 2 is 1.95 bits per heavy atom. The van der Waals surface area contributed by atoms with E-state index in [1.54, 1.807) is 31.5 Å². The van der Waals surface area contributed by atoms with Gasteiger partial charge < -0.3 is 10.1 Å². The predicted octanol–water partition coefficient (Wildman–Crippen LogP) is 3.83. The van der Waals surface area contributed by atoms with Crippen LogP contribution in [0.3, 0.4) is 0 Å². The number of alkyl halides is 3. The third-order valence-corrected chi connectivity index (χ3v) is 2.95. The minimum absolute atomic E-state index is 0.184.